The Bertz CT molecular complexity index is 429. The molecule has 1 heterocycles. The first-order valence-corrected chi connectivity index (χ1v) is 7.03. The summed E-state index contributed by atoms with van der Waals surface area (Å²) in [6.07, 6.45) is 2.43. The lowest BCUT2D eigenvalue weighted by atomic mass is 9.87. The number of likely N-dealkylation sites (N-methyl/N-ethyl adjacent to an activating group) is 1. The molecule has 1 aliphatic rings. The second kappa shape index (κ2) is 5.10. The molecule has 1 N–H and O–H groups in total. The zero-order valence-electron chi connectivity index (χ0n) is 11.8. The number of aryl methyl sites for hydroxylation is 1. The Kier molecular flexibility index (Phi) is 3.88. The Labute approximate surface area is 115 Å². The third-order valence-electron chi connectivity index (χ3n) is 4.11. The summed E-state index contributed by atoms with van der Waals surface area (Å²) < 4.78 is 0. The monoisotopic (exact) mass is 266 g/mol. The topological polar surface area (TPSA) is 15.3 Å². The summed E-state index contributed by atoms with van der Waals surface area (Å²) in [7, 11) is 2.05. The van der Waals surface area contributed by atoms with E-state index in [1.165, 1.54) is 24.1 Å². The van der Waals surface area contributed by atoms with Gasteiger partial charge in [-0.25, -0.2) is 0 Å². The number of hydrogen-bond donors (Lipinski definition) is 1. The fraction of sp³-hybridized carbons (Fsp3) is 0.600. The fourth-order valence-electron chi connectivity index (χ4n) is 2.75. The molecular weight excluding hydrogens is 244 g/mol. The number of rotatable bonds is 2. The van der Waals surface area contributed by atoms with E-state index in [2.05, 4.69) is 43.1 Å². The predicted molar refractivity (Wildman–Crippen MR) is 79.7 cm³/mol. The zero-order valence-corrected chi connectivity index (χ0v) is 12.5. The molecule has 0 aromatic heterocycles. The molecule has 1 saturated heterocycles. The van der Waals surface area contributed by atoms with Gasteiger partial charge in [-0.05, 0) is 58.4 Å². The standard InChI is InChI=1S/C15H23ClN2/c1-11-5-6-12(16)9-14(11)18-10-13(17-4)7-8-15(18,2)3/h5-6,9,13,17H,7-8,10H2,1-4H3. The summed E-state index contributed by atoms with van der Waals surface area (Å²) in [5, 5.41) is 4.22. The van der Waals surface area contributed by atoms with Gasteiger partial charge in [0.1, 0.15) is 0 Å². The van der Waals surface area contributed by atoms with E-state index in [9.17, 15) is 0 Å². The van der Waals surface area contributed by atoms with Crippen LogP contribution >= 0.6 is 11.6 Å². The molecule has 2 nitrogen and oxygen atoms in total. The maximum absolute atomic E-state index is 6.16. The van der Waals surface area contributed by atoms with Crippen LogP contribution in [0, 0.1) is 6.92 Å². The lowest BCUT2D eigenvalue weighted by molar-refractivity contribution is 0.313. The average molecular weight is 267 g/mol. The largest absolute Gasteiger partial charge is 0.365 e. The van der Waals surface area contributed by atoms with Crippen molar-refractivity contribution in [3.63, 3.8) is 0 Å². The second-order valence-electron chi connectivity index (χ2n) is 5.88. The quantitative estimate of drug-likeness (QED) is 0.880. The first-order chi connectivity index (χ1) is 8.44. The van der Waals surface area contributed by atoms with E-state index >= 15 is 0 Å². The first-order valence-electron chi connectivity index (χ1n) is 6.65. The predicted octanol–water partition coefficient (Wildman–Crippen LogP) is 3.62. The van der Waals surface area contributed by atoms with Crippen LogP contribution in [0.25, 0.3) is 0 Å². The Morgan fingerprint density at radius 1 is 1.39 bits per heavy atom. The van der Waals surface area contributed by atoms with Gasteiger partial charge in [0.25, 0.3) is 0 Å². The van der Waals surface area contributed by atoms with Crippen molar-refractivity contribution in [1.29, 1.82) is 0 Å². The van der Waals surface area contributed by atoms with Crippen LogP contribution in [-0.4, -0.2) is 25.2 Å². The molecule has 0 aliphatic carbocycles. The van der Waals surface area contributed by atoms with Crippen LogP contribution in [0.4, 0.5) is 5.69 Å². The smallest absolute Gasteiger partial charge is 0.0426 e. The van der Waals surface area contributed by atoms with E-state index in [1.54, 1.807) is 0 Å². The molecule has 2 rings (SSSR count). The van der Waals surface area contributed by atoms with Crippen LogP contribution in [0.3, 0.4) is 0 Å². The number of halogens is 1. The van der Waals surface area contributed by atoms with Crippen LogP contribution in [0.2, 0.25) is 5.02 Å². The number of nitrogens with zero attached hydrogens (tertiary/aromatic N) is 1. The van der Waals surface area contributed by atoms with Crippen LogP contribution < -0.4 is 10.2 Å². The Hall–Kier alpha value is -0.730. The molecule has 0 bridgehead atoms. The molecule has 0 saturated carbocycles. The summed E-state index contributed by atoms with van der Waals surface area (Å²) in [5.74, 6) is 0. The lowest BCUT2D eigenvalue weighted by Crippen LogP contribution is -2.55. The van der Waals surface area contributed by atoms with Crippen molar-refractivity contribution in [1.82, 2.24) is 5.32 Å². The van der Waals surface area contributed by atoms with Gasteiger partial charge < -0.3 is 10.2 Å². The highest BCUT2D eigenvalue weighted by molar-refractivity contribution is 6.30. The normalized spacial score (nSPS) is 23.2. The fourth-order valence-corrected chi connectivity index (χ4v) is 2.92. The Balaban J connectivity index is 2.36. The molecule has 1 aromatic carbocycles. The van der Waals surface area contributed by atoms with Gasteiger partial charge in [-0.3, -0.25) is 0 Å². The number of anilines is 1. The van der Waals surface area contributed by atoms with Crippen molar-refractivity contribution >= 4 is 17.3 Å². The third kappa shape index (κ3) is 2.65. The van der Waals surface area contributed by atoms with Gasteiger partial charge in [0.05, 0.1) is 0 Å². The van der Waals surface area contributed by atoms with Gasteiger partial charge in [0.2, 0.25) is 0 Å². The molecule has 1 fully saturated rings. The molecule has 0 radical (unpaired) electrons. The van der Waals surface area contributed by atoms with Gasteiger partial charge in [0.15, 0.2) is 0 Å². The highest BCUT2D eigenvalue weighted by Gasteiger charge is 2.34. The van der Waals surface area contributed by atoms with E-state index < -0.39 is 0 Å². The van der Waals surface area contributed by atoms with Gasteiger partial charge in [-0.15, -0.1) is 0 Å². The number of nitrogens with one attached hydrogen (secondary N) is 1. The summed E-state index contributed by atoms with van der Waals surface area (Å²) in [5.41, 5.74) is 2.76. The summed E-state index contributed by atoms with van der Waals surface area (Å²) >= 11 is 6.16. The van der Waals surface area contributed by atoms with E-state index in [0.717, 1.165) is 11.6 Å². The minimum absolute atomic E-state index is 0.197. The summed E-state index contributed by atoms with van der Waals surface area (Å²) in [4.78, 5) is 2.50. The van der Waals surface area contributed by atoms with Crippen LogP contribution in [0.15, 0.2) is 18.2 Å². The average Bonchev–Trinajstić information content (AvgIpc) is 2.32. The van der Waals surface area contributed by atoms with Crippen LogP contribution in [0.1, 0.15) is 32.3 Å². The highest BCUT2D eigenvalue weighted by atomic mass is 35.5. The first kappa shape index (κ1) is 13.7. The molecule has 1 aliphatic heterocycles. The Morgan fingerprint density at radius 2 is 2.11 bits per heavy atom. The Morgan fingerprint density at radius 3 is 2.78 bits per heavy atom. The van der Waals surface area contributed by atoms with Gasteiger partial charge in [-0.2, -0.15) is 0 Å². The number of hydrogen-bond acceptors (Lipinski definition) is 2. The third-order valence-corrected chi connectivity index (χ3v) is 4.34. The van der Waals surface area contributed by atoms with Crippen LogP contribution in [0.5, 0.6) is 0 Å². The highest BCUT2D eigenvalue weighted by Crippen LogP contribution is 2.35. The molecule has 1 aromatic rings. The molecule has 100 valence electrons. The van der Waals surface area contributed by atoms with Gasteiger partial charge in [0, 0.05) is 28.8 Å². The summed E-state index contributed by atoms with van der Waals surface area (Å²) in [6, 6.07) is 6.73. The molecule has 1 atom stereocenters. The molecule has 18 heavy (non-hydrogen) atoms. The summed E-state index contributed by atoms with van der Waals surface area (Å²) in [6.45, 7) is 7.84. The van der Waals surface area contributed by atoms with Crippen molar-refractivity contribution in [3.8, 4) is 0 Å². The number of benzene rings is 1. The molecule has 0 amide bonds. The maximum atomic E-state index is 6.16. The van der Waals surface area contributed by atoms with Crippen molar-refractivity contribution in [3.05, 3.63) is 28.8 Å². The van der Waals surface area contributed by atoms with Crippen molar-refractivity contribution < 1.29 is 0 Å². The molecule has 0 spiro atoms. The van der Waals surface area contributed by atoms with Crippen LogP contribution in [-0.2, 0) is 0 Å². The minimum Gasteiger partial charge on any atom is -0.365 e. The molecule has 1 unspecified atom stereocenters. The van der Waals surface area contributed by atoms with Crippen molar-refractivity contribution in [2.24, 2.45) is 0 Å². The lowest BCUT2D eigenvalue weighted by Gasteiger charge is -2.47. The zero-order chi connectivity index (χ0) is 13.3. The maximum Gasteiger partial charge on any atom is 0.0426 e. The van der Waals surface area contributed by atoms with Crippen molar-refractivity contribution in [2.75, 3.05) is 18.5 Å². The van der Waals surface area contributed by atoms with E-state index in [0.29, 0.717) is 6.04 Å². The molecular formula is C15H23ClN2. The van der Waals surface area contributed by atoms with Gasteiger partial charge >= 0.3 is 0 Å². The minimum atomic E-state index is 0.197. The number of piperidine rings is 1. The SMILES string of the molecule is CNC1CCC(C)(C)N(c2cc(Cl)ccc2C)C1. The van der Waals surface area contributed by atoms with E-state index in [4.69, 9.17) is 11.6 Å². The van der Waals surface area contributed by atoms with E-state index in [1.807, 2.05) is 13.1 Å². The molecule has 3 heteroatoms. The van der Waals surface area contributed by atoms with Crippen molar-refractivity contribution in [2.45, 2.75) is 45.2 Å². The van der Waals surface area contributed by atoms with E-state index in [-0.39, 0.29) is 5.54 Å². The van der Waals surface area contributed by atoms with Gasteiger partial charge in [-0.1, -0.05) is 17.7 Å². The second-order valence-corrected chi connectivity index (χ2v) is 6.31.